The summed E-state index contributed by atoms with van der Waals surface area (Å²) in [4.78, 5) is 5.32. The van der Waals surface area contributed by atoms with Crippen molar-refractivity contribution in [1.82, 2.24) is 9.80 Å². The van der Waals surface area contributed by atoms with Gasteiger partial charge in [0.25, 0.3) is 0 Å². The molecule has 2 atom stereocenters. The fourth-order valence-electron chi connectivity index (χ4n) is 4.25. The summed E-state index contributed by atoms with van der Waals surface area (Å²) in [5.41, 5.74) is 0. The van der Waals surface area contributed by atoms with Crippen LogP contribution in [0.5, 0.6) is 0 Å². The van der Waals surface area contributed by atoms with E-state index in [1.165, 1.54) is 90.6 Å². The summed E-state index contributed by atoms with van der Waals surface area (Å²) in [7, 11) is 0. The molecule has 0 aromatic rings. The quantitative estimate of drug-likeness (QED) is 0.589. The average molecular weight is 280 g/mol. The minimum atomic E-state index is 1.06. The second kappa shape index (κ2) is 9.04. The van der Waals surface area contributed by atoms with Crippen LogP contribution >= 0.6 is 0 Å². The number of likely N-dealkylation sites (tertiary alicyclic amines) is 1. The van der Waals surface area contributed by atoms with Gasteiger partial charge in [-0.2, -0.15) is 0 Å². The Balaban J connectivity index is 1.47. The van der Waals surface area contributed by atoms with Gasteiger partial charge in [0.05, 0.1) is 0 Å². The standard InChI is InChI=1S/C18H36N2/c1-3-19(4-2)13-9-5-6-10-14-20-15-17-11-7-8-12-18(17)16-20/h17-18H,3-16H2,1-2H3/t17-,18-/m1/s1. The summed E-state index contributed by atoms with van der Waals surface area (Å²) in [6, 6.07) is 0. The molecule has 0 unspecified atom stereocenters. The van der Waals surface area contributed by atoms with Gasteiger partial charge in [0, 0.05) is 13.1 Å². The largest absolute Gasteiger partial charge is 0.304 e. The van der Waals surface area contributed by atoms with Gasteiger partial charge in [-0.25, -0.2) is 0 Å². The van der Waals surface area contributed by atoms with Crippen LogP contribution in [0.4, 0.5) is 0 Å². The molecule has 20 heavy (non-hydrogen) atoms. The van der Waals surface area contributed by atoms with Gasteiger partial charge in [-0.1, -0.05) is 39.5 Å². The maximum Gasteiger partial charge on any atom is 0.00129 e. The SMILES string of the molecule is CCN(CC)CCCCCCN1C[C@H]2CCCC[C@@H]2C1. The minimum Gasteiger partial charge on any atom is -0.304 e. The maximum atomic E-state index is 2.77. The van der Waals surface area contributed by atoms with Crippen molar-refractivity contribution in [1.29, 1.82) is 0 Å². The van der Waals surface area contributed by atoms with Gasteiger partial charge < -0.3 is 9.80 Å². The number of hydrogen-bond acceptors (Lipinski definition) is 2. The lowest BCUT2D eigenvalue weighted by molar-refractivity contribution is 0.288. The normalized spacial score (nSPS) is 27.1. The highest BCUT2D eigenvalue weighted by atomic mass is 15.2. The Bertz CT molecular complexity index is 236. The average Bonchev–Trinajstić information content (AvgIpc) is 2.89. The molecule has 118 valence electrons. The highest BCUT2D eigenvalue weighted by Crippen LogP contribution is 2.35. The Morgan fingerprint density at radius 3 is 2.05 bits per heavy atom. The first-order valence-corrected chi connectivity index (χ1v) is 9.28. The van der Waals surface area contributed by atoms with Gasteiger partial charge in [0.2, 0.25) is 0 Å². The van der Waals surface area contributed by atoms with Crippen LogP contribution in [0.15, 0.2) is 0 Å². The predicted octanol–water partition coefficient (Wildman–Crippen LogP) is 4.01. The van der Waals surface area contributed by atoms with Crippen molar-refractivity contribution < 1.29 is 0 Å². The fourth-order valence-corrected chi connectivity index (χ4v) is 4.25. The molecule has 2 rings (SSSR count). The highest BCUT2D eigenvalue weighted by Gasteiger charge is 2.33. The van der Waals surface area contributed by atoms with Crippen LogP contribution in [0, 0.1) is 11.8 Å². The first-order valence-electron chi connectivity index (χ1n) is 9.28. The molecule has 0 radical (unpaired) electrons. The molecule has 1 saturated carbocycles. The van der Waals surface area contributed by atoms with Crippen molar-refractivity contribution in [2.24, 2.45) is 11.8 Å². The Labute approximate surface area is 126 Å². The molecular weight excluding hydrogens is 244 g/mol. The van der Waals surface area contributed by atoms with Crippen LogP contribution in [0.25, 0.3) is 0 Å². The molecule has 2 nitrogen and oxygen atoms in total. The molecule has 0 aromatic carbocycles. The van der Waals surface area contributed by atoms with E-state index in [1.54, 1.807) is 0 Å². The second-order valence-electron chi connectivity index (χ2n) is 7.01. The molecule has 2 fully saturated rings. The van der Waals surface area contributed by atoms with Crippen LogP contribution < -0.4 is 0 Å². The Kier molecular flexibility index (Phi) is 7.37. The van der Waals surface area contributed by atoms with Crippen molar-refractivity contribution >= 4 is 0 Å². The van der Waals surface area contributed by atoms with E-state index in [0.717, 1.165) is 11.8 Å². The topological polar surface area (TPSA) is 6.48 Å². The lowest BCUT2D eigenvalue weighted by atomic mass is 9.82. The monoisotopic (exact) mass is 280 g/mol. The van der Waals surface area contributed by atoms with E-state index >= 15 is 0 Å². The number of nitrogens with zero attached hydrogens (tertiary/aromatic N) is 2. The Morgan fingerprint density at radius 2 is 1.45 bits per heavy atom. The van der Waals surface area contributed by atoms with E-state index in [4.69, 9.17) is 0 Å². The van der Waals surface area contributed by atoms with Crippen molar-refractivity contribution in [3.63, 3.8) is 0 Å². The van der Waals surface area contributed by atoms with Crippen LogP contribution in [0.3, 0.4) is 0 Å². The zero-order chi connectivity index (χ0) is 14.2. The lowest BCUT2D eigenvalue weighted by Crippen LogP contribution is -2.24. The predicted molar refractivity (Wildman–Crippen MR) is 88.1 cm³/mol. The van der Waals surface area contributed by atoms with Crippen LogP contribution in [0.2, 0.25) is 0 Å². The van der Waals surface area contributed by atoms with E-state index in [0.29, 0.717) is 0 Å². The van der Waals surface area contributed by atoms with E-state index in [2.05, 4.69) is 23.6 Å². The van der Waals surface area contributed by atoms with E-state index in [1.807, 2.05) is 0 Å². The first-order chi connectivity index (χ1) is 9.83. The summed E-state index contributed by atoms with van der Waals surface area (Å²) in [5.74, 6) is 2.12. The van der Waals surface area contributed by atoms with Crippen molar-refractivity contribution in [2.45, 2.75) is 65.2 Å². The molecule has 1 saturated heterocycles. The molecule has 0 aromatic heterocycles. The molecule has 1 aliphatic heterocycles. The van der Waals surface area contributed by atoms with Gasteiger partial charge >= 0.3 is 0 Å². The number of hydrogen-bond donors (Lipinski definition) is 0. The van der Waals surface area contributed by atoms with Crippen LogP contribution in [-0.2, 0) is 0 Å². The third-order valence-electron chi connectivity index (χ3n) is 5.65. The minimum absolute atomic E-state index is 1.06. The van der Waals surface area contributed by atoms with E-state index < -0.39 is 0 Å². The zero-order valence-corrected chi connectivity index (χ0v) is 13.9. The summed E-state index contributed by atoms with van der Waals surface area (Å²) in [5, 5.41) is 0. The van der Waals surface area contributed by atoms with Crippen molar-refractivity contribution in [3.8, 4) is 0 Å². The molecule has 2 heteroatoms. The number of rotatable bonds is 9. The van der Waals surface area contributed by atoms with Crippen LogP contribution in [-0.4, -0.2) is 49.1 Å². The number of fused-ring (bicyclic) bond motifs is 1. The number of unbranched alkanes of at least 4 members (excludes halogenated alkanes) is 3. The molecule has 1 aliphatic carbocycles. The van der Waals surface area contributed by atoms with Crippen LogP contribution in [0.1, 0.15) is 65.2 Å². The summed E-state index contributed by atoms with van der Waals surface area (Å²) in [6.07, 6.45) is 11.7. The smallest absolute Gasteiger partial charge is 0.00129 e. The van der Waals surface area contributed by atoms with E-state index in [9.17, 15) is 0 Å². The lowest BCUT2D eigenvalue weighted by Gasteiger charge is -2.23. The molecular formula is C18H36N2. The summed E-state index contributed by atoms with van der Waals surface area (Å²) >= 11 is 0. The first kappa shape index (κ1) is 16.3. The highest BCUT2D eigenvalue weighted by molar-refractivity contribution is 4.86. The molecule has 0 spiro atoms. The zero-order valence-electron chi connectivity index (χ0n) is 13.9. The fraction of sp³-hybridized carbons (Fsp3) is 1.00. The third-order valence-corrected chi connectivity index (χ3v) is 5.65. The van der Waals surface area contributed by atoms with Crippen molar-refractivity contribution in [3.05, 3.63) is 0 Å². The van der Waals surface area contributed by atoms with Gasteiger partial charge in [-0.3, -0.25) is 0 Å². The molecule has 0 N–H and O–H groups in total. The van der Waals surface area contributed by atoms with Gasteiger partial charge in [0.15, 0.2) is 0 Å². The van der Waals surface area contributed by atoms with Gasteiger partial charge in [0.1, 0.15) is 0 Å². The Hall–Kier alpha value is -0.0800. The second-order valence-corrected chi connectivity index (χ2v) is 7.01. The molecule has 0 bridgehead atoms. The Morgan fingerprint density at radius 1 is 0.850 bits per heavy atom. The van der Waals surface area contributed by atoms with Crippen molar-refractivity contribution in [2.75, 3.05) is 39.3 Å². The molecule has 0 amide bonds. The molecule has 1 heterocycles. The maximum absolute atomic E-state index is 2.77. The third kappa shape index (κ3) is 5.04. The molecule has 2 aliphatic rings. The van der Waals surface area contributed by atoms with Gasteiger partial charge in [-0.15, -0.1) is 0 Å². The summed E-state index contributed by atoms with van der Waals surface area (Å²) < 4.78 is 0. The van der Waals surface area contributed by atoms with Gasteiger partial charge in [-0.05, 0) is 63.7 Å². The van der Waals surface area contributed by atoms with E-state index in [-0.39, 0.29) is 0 Å². The summed E-state index contributed by atoms with van der Waals surface area (Å²) in [6.45, 7) is 12.5.